The van der Waals surface area contributed by atoms with Gasteiger partial charge in [-0.05, 0) is 55.2 Å². The molecular formula is C28H36N2O3Si. The van der Waals surface area contributed by atoms with Crippen LogP contribution in [0.4, 0.5) is 5.69 Å². The van der Waals surface area contributed by atoms with Crippen molar-refractivity contribution >= 4 is 36.4 Å². The molecule has 0 aliphatic heterocycles. The number of carbonyl (C=O) groups excluding carboxylic acids is 2. The van der Waals surface area contributed by atoms with Gasteiger partial charge in [-0.1, -0.05) is 50.8 Å². The van der Waals surface area contributed by atoms with Crippen molar-refractivity contribution < 1.29 is 14.3 Å². The van der Waals surface area contributed by atoms with Crippen LogP contribution >= 0.6 is 0 Å². The lowest BCUT2D eigenvalue weighted by Crippen LogP contribution is -2.48. The van der Waals surface area contributed by atoms with Gasteiger partial charge in [-0.25, -0.2) is 0 Å². The second-order valence-corrected chi connectivity index (χ2v) is 16.8. The molecule has 34 heavy (non-hydrogen) atoms. The number of rotatable bonds is 6. The van der Waals surface area contributed by atoms with E-state index in [-0.39, 0.29) is 35.0 Å². The summed E-state index contributed by atoms with van der Waals surface area (Å²) < 4.78 is 6.10. The smallest absolute Gasteiger partial charge is 0.227 e. The van der Waals surface area contributed by atoms with Crippen LogP contribution in [-0.4, -0.2) is 38.0 Å². The van der Waals surface area contributed by atoms with Crippen molar-refractivity contribution in [3.8, 4) is 0 Å². The Hall–Kier alpha value is -2.57. The molecule has 1 fully saturated rings. The molecule has 0 saturated heterocycles. The molecule has 6 heteroatoms. The zero-order chi connectivity index (χ0) is 24.7. The molecule has 1 aromatic carbocycles. The number of nitrogens with zero attached hydrogens (tertiary/aromatic N) is 1. The van der Waals surface area contributed by atoms with E-state index < -0.39 is 8.07 Å². The molecule has 1 amide bonds. The van der Waals surface area contributed by atoms with E-state index in [1.807, 2.05) is 43.3 Å². The summed E-state index contributed by atoms with van der Waals surface area (Å²) in [6.07, 6.45) is 7.01. The van der Waals surface area contributed by atoms with Gasteiger partial charge >= 0.3 is 0 Å². The number of ether oxygens (including phenoxy) is 1. The number of para-hydroxylation sites is 1. The number of amides is 1. The maximum Gasteiger partial charge on any atom is 0.227 e. The van der Waals surface area contributed by atoms with Crippen molar-refractivity contribution in [1.82, 2.24) is 4.98 Å². The van der Waals surface area contributed by atoms with Gasteiger partial charge in [0.15, 0.2) is 5.78 Å². The first kappa shape index (κ1) is 24.5. The quantitative estimate of drug-likeness (QED) is 0.518. The van der Waals surface area contributed by atoms with Crippen LogP contribution in [0.25, 0.3) is 10.9 Å². The third-order valence-corrected chi connectivity index (χ3v) is 9.16. The lowest BCUT2D eigenvalue weighted by atomic mass is 9.60. The highest BCUT2D eigenvalue weighted by molar-refractivity contribution is 6.76. The number of pyridine rings is 1. The number of hydrogen-bond donors (Lipinski definition) is 1. The molecule has 2 aliphatic carbocycles. The van der Waals surface area contributed by atoms with Gasteiger partial charge in [-0.15, -0.1) is 0 Å². The largest absolute Gasteiger partial charge is 0.377 e. The second kappa shape index (κ2) is 9.23. The van der Waals surface area contributed by atoms with Gasteiger partial charge in [0.2, 0.25) is 5.91 Å². The van der Waals surface area contributed by atoms with Gasteiger partial charge in [0.1, 0.15) is 0 Å². The van der Waals surface area contributed by atoms with E-state index in [1.54, 1.807) is 19.4 Å². The molecule has 4 unspecified atom stereocenters. The van der Waals surface area contributed by atoms with Gasteiger partial charge in [0.25, 0.3) is 0 Å². The van der Waals surface area contributed by atoms with E-state index >= 15 is 0 Å². The SMILES string of the molecule is COC1C2=C(C)C(=O)C=CC2(C)CCC1C(C[Si](C)(C)C)C(=O)Nc1cccc2cccnc12. The Kier molecular flexibility index (Phi) is 6.66. The lowest BCUT2D eigenvalue weighted by Gasteiger charge is -2.48. The van der Waals surface area contributed by atoms with E-state index in [4.69, 9.17) is 4.74 Å². The predicted octanol–water partition coefficient (Wildman–Crippen LogP) is 6.01. The number of ketones is 1. The molecule has 5 nitrogen and oxygen atoms in total. The first-order valence-electron chi connectivity index (χ1n) is 12.2. The maximum atomic E-state index is 13.9. The summed E-state index contributed by atoms with van der Waals surface area (Å²) in [6, 6.07) is 10.6. The van der Waals surface area contributed by atoms with Crippen molar-refractivity contribution in [3.05, 3.63) is 59.8 Å². The summed E-state index contributed by atoms with van der Waals surface area (Å²) in [5, 5.41) is 4.22. The molecule has 4 atom stereocenters. The molecule has 2 aliphatic rings. The minimum atomic E-state index is -1.60. The van der Waals surface area contributed by atoms with E-state index in [0.717, 1.165) is 46.6 Å². The number of allylic oxidation sites excluding steroid dienone is 3. The maximum absolute atomic E-state index is 13.9. The topological polar surface area (TPSA) is 68.3 Å². The fraction of sp³-hybridized carbons (Fsp3) is 0.464. The highest BCUT2D eigenvalue weighted by Gasteiger charge is 2.48. The van der Waals surface area contributed by atoms with Gasteiger partial charge in [-0.3, -0.25) is 14.6 Å². The molecular weight excluding hydrogens is 440 g/mol. The van der Waals surface area contributed by atoms with Crippen molar-refractivity contribution in [2.24, 2.45) is 17.3 Å². The van der Waals surface area contributed by atoms with E-state index in [0.29, 0.717) is 0 Å². The number of methoxy groups -OCH3 is 1. The third-order valence-electron chi connectivity index (χ3n) is 7.49. The predicted molar refractivity (Wildman–Crippen MR) is 140 cm³/mol. The molecule has 0 bridgehead atoms. The molecule has 1 saturated carbocycles. The Bertz CT molecular complexity index is 1170. The van der Waals surface area contributed by atoms with Crippen LogP contribution in [0.1, 0.15) is 26.7 Å². The molecule has 1 N–H and O–H groups in total. The van der Waals surface area contributed by atoms with Crippen molar-refractivity contribution in [2.75, 3.05) is 12.4 Å². The number of benzene rings is 1. The average molecular weight is 477 g/mol. The Morgan fingerprint density at radius 1 is 1.26 bits per heavy atom. The fourth-order valence-corrected chi connectivity index (χ4v) is 7.66. The van der Waals surface area contributed by atoms with Crippen LogP contribution < -0.4 is 5.32 Å². The zero-order valence-electron chi connectivity index (χ0n) is 21.1. The summed E-state index contributed by atoms with van der Waals surface area (Å²) in [7, 11) is 0.111. The van der Waals surface area contributed by atoms with Crippen molar-refractivity contribution in [3.63, 3.8) is 0 Å². The van der Waals surface area contributed by atoms with Gasteiger partial charge in [0.05, 0.1) is 17.3 Å². The van der Waals surface area contributed by atoms with E-state index in [2.05, 4.69) is 36.9 Å². The first-order chi connectivity index (χ1) is 16.0. The lowest BCUT2D eigenvalue weighted by molar-refractivity contribution is -0.123. The minimum absolute atomic E-state index is 0.0111. The summed E-state index contributed by atoms with van der Waals surface area (Å²) in [5.74, 6) is -0.131. The molecule has 4 rings (SSSR count). The molecule has 2 aromatic rings. The highest BCUT2D eigenvalue weighted by atomic mass is 28.3. The monoisotopic (exact) mass is 476 g/mol. The summed E-state index contributed by atoms with van der Waals surface area (Å²) >= 11 is 0. The van der Waals surface area contributed by atoms with Gasteiger partial charge in [0, 0.05) is 44.0 Å². The molecule has 180 valence electrons. The van der Waals surface area contributed by atoms with Crippen molar-refractivity contribution in [1.29, 1.82) is 0 Å². The molecule has 0 spiro atoms. The number of fused-ring (bicyclic) bond motifs is 2. The van der Waals surface area contributed by atoms with E-state index in [1.165, 1.54) is 0 Å². The Balaban J connectivity index is 1.71. The summed E-state index contributed by atoms with van der Waals surface area (Å²) in [6.45, 7) is 11.0. The Labute approximate surface area is 203 Å². The van der Waals surface area contributed by atoms with Crippen LogP contribution in [-0.2, 0) is 14.3 Å². The van der Waals surface area contributed by atoms with Crippen LogP contribution in [0.2, 0.25) is 25.7 Å². The number of carbonyl (C=O) groups is 2. The summed E-state index contributed by atoms with van der Waals surface area (Å²) in [4.78, 5) is 31.0. The second-order valence-electron chi connectivity index (χ2n) is 11.3. The van der Waals surface area contributed by atoms with Crippen LogP contribution in [0, 0.1) is 17.3 Å². The van der Waals surface area contributed by atoms with Gasteiger partial charge in [-0.2, -0.15) is 0 Å². The number of nitrogens with one attached hydrogen (secondary N) is 1. The standard InChI is InChI=1S/C28H36N2O3Si/c1-18-23(31)13-15-28(2)14-12-20(26(33-3)24(18)28)21(17-34(4,5)6)27(32)30-22-11-7-9-19-10-8-16-29-25(19)22/h7-11,13,15-16,20-21,26H,12,14,17H2,1-6H3,(H,30,32). The fourth-order valence-electron chi connectivity index (χ4n) is 5.86. The van der Waals surface area contributed by atoms with Crippen LogP contribution in [0.3, 0.4) is 0 Å². The average Bonchev–Trinajstić information content (AvgIpc) is 2.79. The Morgan fingerprint density at radius 2 is 2.00 bits per heavy atom. The van der Waals surface area contributed by atoms with Crippen LogP contribution in [0.15, 0.2) is 59.8 Å². The Morgan fingerprint density at radius 3 is 2.71 bits per heavy atom. The summed E-state index contributed by atoms with van der Waals surface area (Å²) in [5.41, 5.74) is 3.16. The van der Waals surface area contributed by atoms with Gasteiger partial charge < -0.3 is 10.1 Å². The van der Waals surface area contributed by atoms with Crippen LogP contribution in [0.5, 0.6) is 0 Å². The third kappa shape index (κ3) is 4.66. The molecule has 1 heterocycles. The number of anilines is 1. The molecule has 1 aromatic heterocycles. The highest BCUT2D eigenvalue weighted by Crippen LogP contribution is 2.51. The molecule has 0 radical (unpaired) electrons. The number of aromatic nitrogens is 1. The zero-order valence-corrected chi connectivity index (χ0v) is 22.1. The minimum Gasteiger partial charge on any atom is -0.377 e. The first-order valence-corrected chi connectivity index (χ1v) is 15.9. The normalized spacial score (nSPS) is 25.9. The van der Waals surface area contributed by atoms with E-state index in [9.17, 15) is 9.59 Å². The number of hydrogen-bond acceptors (Lipinski definition) is 4. The van der Waals surface area contributed by atoms with Crippen molar-refractivity contribution in [2.45, 2.75) is 58.5 Å².